The highest BCUT2D eigenvalue weighted by molar-refractivity contribution is 8.33. The second kappa shape index (κ2) is 12.5. The van der Waals surface area contributed by atoms with E-state index in [1.807, 2.05) is 0 Å². The molecule has 203 valence electrons. The van der Waals surface area contributed by atoms with E-state index in [-0.39, 0.29) is 49.6 Å². The molecule has 1 fully saturated rings. The first-order valence-electron chi connectivity index (χ1n) is 11.0. The number of phosphoric ester groups is 1. The van der Waals surface area contributed by atoms with E-state index in [4.69, 9.17) is 15.5 Å². The molecule has 2 rings (SSSR count). The fourth-order valence-corrected chi connectivity index (χ4v) is 6.19. The number of carbonyl (C=O) groups is 2. The van der Waals surface area contributed by atoms with Crippen molar-refractivity contribution in [1.82, 2.24) is 14.9 Å². The molecule has 1 saturated carbocycles. The summed E-state index contributed by atoms with van der Waals surface area (Å²) in [6.07, 6.45) is 1.30. The molecule has 1 aromatic heterocycles. The quantitative estimate of drug-likeness (QED) is 0.192. The van der Waals surface area contributed by atoms with Crippen LogP contribution in [0.25, 0.3) is 0 Å². The van der Waals surface area contributed by atoms with Crippen molar-refractivity contribution in [3.05, 3.63) is 34.4 Å². The molecule has 1 aliphatic rings. The van der Waals surface area contributed by atoms with Gasteiger partial charge in [-0.15, -0.1) is 0 Å². The number of nitrogens with zero attached hydrogens (tertiary/aromatic N) is 3. The van der Waals surface area contributed by atoms with Gasteiger partial charge in [-0.3, -0.25) is 14.1 Å². The van der Waals surface area contributed by atoms with Crippen molar-refractivity contribution in [2.24, 2.45) is 11.8 Å². The molecule has 4 N–H and O–H groups in total. The first kappa shape index (κ1) is 30.2. The number of amides is 1. The maximum absolute atomic E-state index is 13.2. The number of rotatable bonds is 10. The summed E-state index contributed by atoms with van der Waals surface area (Å²) in [4.78, 5) is 52.9. The number of thiol groups is 1. The first-order valence-corrected chi connectivity index (χ1v) is 14.1. The Labute approximate surface area is 210 Å². The fraction of sp³-hybridized carbons (Fsp3) is 0.571. The number of anilines is 1. The smallest absolute Gasteiger partial charge is 0.383 e. The second-order valence-corrected chi connectivity index (χ2v) is 11.6. The third-order valence-corrected chi connectivity index (χ3v) is 8.68. The van der Waals surface area contributed by atoms with E-state index in [1.54, 1.807) is 13.8 Å². The first-order chi connectivity index (χ1) is 16.6. The van der Waals surface area contributed by atoms with E-state index in [0.29, 0.717) is 28.4 Å². The van der Waals surface area contributed by atoms with Gasteiger partial charge in [0.05, 0.1) is 19.1 Å². The predicted octanol–water partition coefficient (Wildman–Crippen LogP) is 3.74. The minimum Gasteiger partial charge on any atom is -0.383 e. The van der Waals surface area contributed by atoms with Gasteiger partial charge in [0.25, 0.3) is 0 Å². The molecule has 1 unspecified atom stereocenters. The van der Waals surface area contributed by atoms with Gasteiger partial charge in [-0.25, -0.2) is 14.5 Å². The number of allylic oxidation sites excluding steroid dienone is 1. The molecule has 15 heteroatoms. The van der Waals surface area contributed by atoms with E-state index in [0.717, 1.165) is 0 Å². The Kier molecular flexibility index (Phi) is 10.5. The van der Waals surface area contributed by atoms with Crippen LogP contribution in [0.4, 0.5) is 19.0 Å². The van der Waals surface area contributed by atoms with Gasteiger partial charge in [0, 0.05) is 29.8 Å². The Balaban J connectivity index is 2.30. The lowest BCUT2D eigenvalue weighted by molar-refractivity contribution is -0.184. The van der Waals surface area contributed by atoms with Crippen LogP contribution in [-0.2, 0) is 25.2 Å². The number of aryl methyl sites for hydroxylation is 1. The van der Waals surface area contributed by atoms with Crippen LogP contribution in [0.3, 0.4) is 0 Å². The standard InChI is InChI=1S/C21H31F3N4O6PS/c1-13(28(12-29)11-16-10-26-14(2)27-19(16)25)18(8-9-34-35(31,32)33)36(3)20(30)15-4-6-17(7-5-15)21(22,23)24/h10,12,15,17,36H,3-9,11H2,1-2H3,(H2,25,26,27)(H2,31,32,33)/b18-13-. The molecule has 1 atom stereocenters. The third-order valence-electron chi connectivity index (χ3n) is 6.06. The minimum absolute atomic E-state index is 0.0433. The monoisotopic (exact) mass is 555 g/mol. The molecule has 0 saturated heterocycles. The van der Waals surface area contributed by atoms with E-state index in [1.165, 1.54) is 11.1 Å². The summed E-state index contributed by atoms with van der Waals surface area (Å²) in [5.74, 6) is -1.48. The van der Waals surface area contributed by atoms with Gasteiger partial charge in [-0.2, -0.15) is 24.1 Å². The summed E-state index contributed by atoms with van der Waals surface area (Å²) >= 11 is 0. The van der Waals surface area contributed by atoms with E-state index >= 15 is 0 Å². The molecule has 1 aromatic rings. The van der Waals surface area contributed by atoms with Crippen molar-refractivity contribution in [2.45, 2.75) is 58.7 Å². The van der Waals surface area contributed by atoms with Crippen LogP contribution in [0, 0.1) is 25.0 Å². The van der Waals surface area contributed by atoms with Crippen LogP contribution in [0.15, 0.2) is 16.8 Å². The predicted molar refractivity (Wildman–Crippen MR) is 129 cm³/mol. The number of phosphoric acid groups is 1. The van der Waals surface area contributed by atoms with E-state index in [9.17, 15) is 27.3 Å². The number of aromatic nitrogens is 2. The Morgan fingerprint density at radius 3 is 2.47 bits per heavy atom. The molecule has 1 aliphatic carbocycles. The van der Waals surface area contributed by atoms with Crippen LogP contribution in [0.2, 0.25) is 0 Å². The fourth-order valence-electron chi connectivity index (χ4n) is 4.01. The van der Waals surface area contributed by atoms with Crippen LogP contribution in [-0.4, -0.2) is 49.0 Å². The summed E-state index contributed by atoms with van der Waals surface area (Å²) in [5.41, 5.74) is 6.65. The molecule has 0 aromatic carbocycles. The number of hydrogen-bond donors (Lipinski definition) is 4. The van der Waals surface area contributed by atoms with Gasteiger partial charge in [0.15, 0.2) is 5.12 Å². The average molecular weight is 556 g/mol. The molecule has 0 aliphatic heterocycles. The van der Waals surface area contributed by atoms with Gasteiger partial charge in [0.2, 0.25) is 6.41 Å². The molecule has 0 bridgehead atoms. The lowest BCUT2D eigenvalue weighted by Crippen LogP contribution is -2.30. The zero-order chi connectivity index (χ0) is 27.3. The highest BCUT2D eigenvalue weighted by Gasteiger charge is 2.43. The van der Waals surface area contributed by atoms with Crippen molar-refractivity contribution < 1.29 is 41.6 Å². The Bertz CT molecular complexity index is 1030. The SMILES string of the molecule is [CH2][SH](C(=O)C1CCC(C(F)(F)F)CC1)/C(CCOP(=O)(O)O)=C(/C)N(C=O)Cc1cnc(C)nc1N. The molecule has 1 radical (unpaired) electrons. The normalized spacial score (nSPS) is 20.9. The van der Waals surface area contributed by atoms with Gasteiger partial charge in [-0.05, 0) is 50.7 Å². The van der Waals surface area contributed by atoms with E-state index in [2.05, 4.69) is 20.7 Å². The van der Waals surface area contributed by atoms with Crippen molar-refractivity contribution in [3.63, 3.8) is 0 Å². The summed E-state index contributed by atoms with van der Waals surface area (Å²) in [6.45, 7) is 2.69. The zero-order valence-electron chi connectivity index (χ0n) is 19.9. The van der Waals surface area contributed by atoms with Gasteiger partial charge in [-0.1, -0.05) is 0 Å². The molecular formula is C21H31F3N4O6PS. The lowest BCUT2D eigenvalue weighted by Gasteiger charge is -2.33. The van der Waals surface area contributed by atoms with Crippen LogP contribution in [0.1, 0.15) is 50.4 Å². The third kappa shape index (κ3) is 8.55. The summed E-state index contributed by atoms with van der Waals surface area (Å²) < 4.78 is 54.7. The Morgan fingerprint density at radius 2 is 1.97 bits per heavy atom. The number of alkyl halides is 3. The highest BCUT2D eigenvalue weighted by Crippen LogP contribution is 2.47. The van der Waals surface area contributed by atoms with Crippen molar-refractivity contribution in [1.29, 1.82) is 0 Å². The summed E-state index contributed by atoms with van der Waals surface area (Å²) in [5, 5.41) is -0.333. The van der Waals surface area contributed by atoms with E-state index < -0.39 is 43.3 Å². The number of halogens is 3. The van der Waals surface area contributed by atoms with Gasteiger partial charge < -0.3 is 20.4 Å². The number of nitrogens with two attached hydrogens (primary N) is 1. The average Bonchev–Trinajstić information content (AvgIpc) is 2.79. The summed E-state index contributed by atoms with van der Waals surface area (Å²) in [7, 11) is -6.66. The zero-order valence-corrected chi connectivity index (χ0v) is 21.7. The number of hydrogen-bond acceptors (Lipinski definition) is 7. The Morgan fingerprint density at radius 1 is 1.36 bits per heavy atom. The molecule has 0 spiro atoms. The van der Waals surface area contributed by atoms with Crippen molar-refractivity contribution >= 4 is 36.1 Å². The Hall–Kier alpha value is -1.99. The second-order valence-electron chi connectivity index (χ2n) is 8.52. The van der Waals surface area contributed by atoms with Crippen molar-refractivity contribution in [2.75, 3.05) is 12.3 Å². The number of carbonyl (C=O) groups excluding carboxylic acids is 2. The molecular weight excluding hydrogens is 524 g/mol. The number of nitrogen functional groups attached to an aromatic ring is 1. The van der Waals surface area contributed by atoms with Crippen LogP contribution < -0.4 is 5.73 Å². The molecule has 1 heterocycles. The topological polar surface area (TPSA) is 156 Å². The molecule has 1 amide bonds. The lowest BCUT2D eigenvalue weighted by atomic mass is 9.82. The maximum Gasteiger partial charge on any atom is 0.469 e. The van der Waals surface area contributed by atoms with Gasteiger partial charge >= 0.3 is 14.0 Å². The van der Waals surface area contributed by atoms with Gasteiger partial charge in [0.1, 0.15) is 11.6 Å². The summed E-state index contributed by atoms with van der Waals surface area (Å²) in [6, 6.07) is 0. The maximum atomic E-state index is 13.2. The van der Waals surface area contributed by atoms with Crippen LogP contribution >= 0.6 is 18.7 Å². The molecule has 36 heavy (non-hydrogen) atoms. The highest BCUT2D eigenvalue weighted by atomic mass is 32.2. The van der Waals surface area contributed by atoms with Crippen LogP contribution in [0.5, 0.6) is 0 Å². The minimum atomic E-state index is -4.80. The van der Waals surface area contributed by atoms with Crippen molar-refractivity contribution in [3.8, 4) is 0 Å². The largest absolute Gasteiger partial charge is 0.469 e. The molecule has 10 nitrogen and oxygen atoms in total.